The van der Waals surface area contributed by atoms with Crippen LogP contribution in [0.25, 0.3) is 0 Å². The lowest BCUT2D eigenvalue weighted by atomic mass is 10.0. The number of allylic oxidation sites excluding steroid dienone is 7. The molecule has 10 heteroatoms. The van der Waals surface area contributed by atoms with Gasteiger partial charge in [0.05, 0.1) is 33.8 Å². The molecule has 0 fully saturated rings. The van der Waals surface area contributed by atoms with Crippen LogP contribution in [-0.2, 0) is 27.9 Å². The van der Waals surface area contributed by atoms with Crippen molar-refractivity contribution in [1.82, 2.24) is 5.32 Å². The molecule has 0 bridgehead atoms. The second-order valence-electron chi connectivity index (χ2n) is 19.4. The number of phosphoric ester groups is 1. The normalized spacial score (nSPS) is 14.3. The molecule has 9 nitrogen and oxygen atoms in total. The van der Waals surface area contributed by atoms with Crippen molar-refractivity contribution in [2.24, 2.45) is 0 Å². The second kappa shape index (κ2) is 45.7. The number of hydrogen-bond acceptors (Lipinski definition) is 6. The number of likely N-dealkylation sites (N-methyl/N-ethyl adjacent to an activating group) is 1. The van der Waals surface area contributed by atoms with Crippen LogP contribution in [0.15, 0.2) is 48.6 Å². The van der Waals surface area contributed by atoms with Crippen LogP contribution in [-0.4, -0.2) is 74.3 Å². The molecule has 0 rings (SSSR count). The summed E-state index contributed by atoms with van der Waals surface area (Å²) >= 11 is 0. The summed E-state index contributed by atoms with van der Waals surface area (Å²) in [5, 5.41) is 3.03. The SMILES string of the molecule is CCCC/C=C\CCCCCCCC(=O)NC(COP(=O)(O)OCC[N+](C)(C)C)C(/C=C/CCCCCCCCCCCCC)OC(=O)CCCCCCCC/C=C/C=C/CCCCC. The highest BCUT2D eigenvalue weighted by Gasteiger charge is 2.30. The van der Waals surface area contributed by atoms with Gasteiger partial charge in [-0.3, -0.25) is 18.6 Å². The van der Waals surface area contributed by atoms with E-state index in [0.29, 0.717) is 17.4 Å². The van der Waals surface area contributed by atoms with Crippen molar-refractivity contribution in [1.29, 1.82) is 0 Å². The Balaban J connectivity index is 5.44. The van der Waals surface area contributed by atoms with E-state index in [2.05, 4.69) is 62.5 Å². The van der Waals surface area contributed by atoms with Crippen LogP contribution in [0.5, 0.6) is 0 Å². The zero-order chi connectivity index (χ0) is 48.0. The first-order valence-corrected chi connectivity index (χ1v) is 28.5. The number of carbonyl (C=O) groups is 2. The van der Waals surface area contributed by atoms with Crippen molar-refractivity contribution in [2.45, 2.75) is 251 Å². The van der Waals surface area contributed by atoms with Crippen LogP contribution in [0.1, 0.15) is 239 Å². The van der Waals surface area contributed by atoms with E-state index in [4.69, 9.17) is 13.8 Å². The van der Waals surface area contributed by atoms with Gasteiger partial charge in [0.2, 0.25) is 5.91 Å². The third kappa shape index (κ3) is 46.9. The Morgan fingerprint density at radius 3 is 1.48 bits per heavy atom. The Bertz CT molecular complexity index is 1260. The van der Waals surface area contributed by atoms with E-state index in [1.54, 1.807) is 0 Å². The lowest BCUT2D eigenvalue weighted by Gasteiger charge is -2.27. The van der Waals surface area contributed by atoms with Gasteiger partial charge in [-0.15, -0.1) is 0 Å². The van der Waals surface area contributed by atoms with Gasteiger partial charge in [0.1, 0.15) is 19.3 Å². The molecule has 0 radical (unpaired) electrons. The average Bonchev–Trinajstić information content (AvgIpc) is 3.26. The number of phosphoric acid groups is 1. The first-order chi connectivity index (χ1) is 31.4. The van der Waals surface area contributed by atoms with Crippen LogP contribution in [0.3, 0.4) is 0 Å². The van der Waals surface area contributed by atoms with Gasteiger partial charge in [0.15, 0.2) is 0 Å². The van der Waals surface area contributed by atoms with E-state index in [1.165, 1.54) is 103 Å². The van der Waals surface area contributed by atoms with Gasteiger partial charge in [0, 0.05) is 12.8 Å². The maximum atomic E-state index is 13.4. The Morgan fingerprint density at radius 1 is 0.538 bits per heavy atom. The van der Waals surface area contributed by atoms with Crippen molar-refractivity contribution >= 4 is 19.7 Å². The van der Waals surface area contributed by atoms with Crippen LogP contribution in [0.2, 0.25) is 0 Å². The maximum Gasteiger partial charge on any atom is 0.472 e. The number of esters is 1. The molecular weight excluding hydrogens is 832 g/mol. The predicted octanol–water partition coefficient (Wildman–Crippen LogP) is 15.8. The smallest absolute Gasteiger partial charge is 0.456 e. The number of rotatable bonds is 48. The molecule has 0 aliphatic rings. The molecule has 2 N–H and O–H groups in total. The summed E-state index contributed by atoms with van der Waals surface area (Å²) in [4.78, 5) is 37.4. The van der Waals surface area contributed by atoms with Gasteiger partial charge >= 0.3 is 13.8 Å². The number of nitrogens with one attached hydrogen (secondary N) is 1. The molecule has 0 spiro atoms. The highest BCUT2D eigenvalue weighted by molar-refractivity contribution is 7.47. The molecule has 0 saturated carbocycles. The molecule has 0 aliphatic heterocycles. The van der Waals surface area contributed by atoms with Gasteiger partial charge in [-0.25, -0.2) is 4.57 Å². The standard InChI is InChI=1S/C55H103N2O7P/c1-7-10-13-16-19-22-25-27-28-30-33-36-39-42-45-48-55(59)64-53(46-43-40-37-34-32-29-26-23-20-17-14-11-8-2)52(51-63-65(60,61)62-50-49-57(4,5)6)56-54(58)47-44-41-38-35-31-24-21-18-15-12-9-3/h18-19,21-22,25,27,43,46,52-53H,7-17,20,23-24,26,28-42,44-45,47-51H2,1-6H3,(H-,56,58,60,61)/p+1/b21-18-,22-19+,27-25+,46-43+. The molecule has 0 aliphatic carbocycles. The molecule has 0 aromatic heterocycles. The lowest BCUT2D eigenvalue weighted by molar-refractivity contribution is -0.870. The number of unbranched alkanes of at least 4 members (excludes halogenated alkanes) is 27. The first kappa shape index (κ1) is 63.0. The molecule has 0 aromatic rings. The zero-order valence-corrected chi connectivity index (χ0v) is 44.1. The van der Waals surface area contributed by atoms with E-state index in [-0.39, 0.29) is 31.5 Å². The second-order valence-corrected chi connectivity index (χ2v) is 20.9. The summed E-state index contributed by atoms with van der Waals surface area (Å²) in [6.45, 7) is 6.92. The van der Waals surface area contributed by atoms with Crippen molar-refractivity contribution in [3.05, 3.63) is 48.6 Å². The third-order valence-electron chi connectivity index (χ3n) is 11.8. The van der Waals surface area contributed by atoms with Gasteiger partial charge in [0.25, 0.3) is 0 Å². The number of ether oxygens (including phenoxy) is 1. The largest absolute Gasteiger partial charge is 0.472 e. The van der Waals surface area contributed by atoms with E-state index in [9.17, 15) is 19.0 Å². The molecule has 0 heterocycles. The minimum atomic E-state index is -4.44. The minimum Gasteiger partial charge on any atom is -0.456 e. The molecule has 0 saturated heterocycles. The van der Waals surface area contributed by atoms with Gasteiger partial charge in [-0.1, -0.05) is 198 Å². The van der Waals surface area contributed by atoms with Crippen LogP contribution in [0.4, 0.5) is 0 Å². The molecule has 1 amide bonds. The van der Waals surface area contributed by atoms with E-state index in [0.717, 1.165) is 103 Å². The molecule has 3 unspecified atom stereocenters. The van der Waals surface area contributed by atoms with E-state index < -0.39 is 20.0 Å². The molecule has 380 valence electrons. The van der Waals surface area contributed by atoms with Gasteiger partial charge in [-0.2, -0.15) is 0 Å². The van der Waals surface area contributed by atoms with E-state index >= 15 is 0 Å². The molecular formula is C55H104N2O7P+. The summed E-state index contributed by atoms with van der Waals surface area (Å²) in [5.41, 5.74) is 0. The fourth-order valence-corrected chi connectivity index (χ4v) is 8.23. The van der Waals surface area contributed by atoms with Crippen LogP contribution >= 0.6 is 7.82 Å². The molecule has 65 heavy (non-hydrogen) atoms. The Hall–Kier alpha value is -2.03. The Labute approximate surface area is 401 Å². The average molecular weight is 936 g/mol. The number of hydrogen-bond donors (Lipinski definition) is 2. The van der Waals surface area contributed by atoms with Gasteiger partial charge in [-0.05, 0) is 76.7 Å². The van der Waals surface area contributed by atoms with Crippen LogP contribution < -0.4 is 5.32 Å². The topological polar surface area (TPSA) is 111 Å². The van der Waals surface area contributed by atoms with E-state index in [1.807, 2.05) is 33.3 Å². The summed E-state index contributed by atoms with van der Waals surface area (Å²) in [6, 6.07) is -0.854. The van der Waals surface area contributed by atoms with Crippen molar-refractivity contribution in [2.75, 3.05) is 40.9 Å². The first-order valence-electron chi connectivity index (χ1n) is 27.0. The monoisotopic (exact) mass is 936 g/mol. The Morgan fingerprint density at radius 2 is 0.954 bits per heavy atom. The highest BCUT2D eigenvalue weighted by atomic mass is 31.2. The Kier molecular flexibility index (Phi) is 44.3. The minimum absolute atomic E-state index is 0.0363. The quantitative estimate of drug-likeness (QED) is 0.0156. The fraction of sp³-hybridized carbons (Fsp3) is 0.818. The maximum absolute atomic E-state index is 13.4. The van der Waals surface area contributed by atoms with Crippen molar-refractivity contribution in [3.8, 4) is 0 Å². The van der Waals surface area contributed by atoms with Crippen LogP contribution in [0, 0.1) is 0 Å². The van der Waals surface area contributed by atoms with Gasteiger partial charge < -0.3 is 19.4 Å². The molecule has 0 aromatic carbocycles. The fourth-order valence-electron chi connectivity index (χ4n) is 7.50. The lowest BCUT2D eigenvalue weighted by Crippen LogP contribution is -2.47. The number of quaternary nitrogens is 1. The third-order valence-corrected chi connectivity index (χ3v) is 12.8. The summed E-state index contributed by atoms with van der Waals surface area (Å²) in [7, 11) is 1.48. The van der Waals surface area contributed by atoms with Crippen molar-refractivity contribution < 1.29 is 37.3 Å². The highest BCUT2D eigenvalue weighted by Crippen LogP contribution is 2.43. The van der Waals surface area contributed by atoms with Crippen molar-refractivity contribution in [3.63, 3.8) is 0 Å². The predicted molar refractivity (Wildman–Crippen MR) is 277 cm³/mol. The molecule has 3 atom stereocenters. The summed E-state index contributed by atoms with van der Waals surface area (Å²) in [5.74, 6) is -0.529. The zero-order valence-electron chi connectivity index (χ0n) is 43.2. The number of carbonyl (C=O) groups excluding carboxylic acids is 2. The summed E-state index contributed by atoms with van der Waals surface area (Å²) < 4.78 is 30.5. The number of amides is 1. The number of nitrogens with zero attached hydrogens (tertiary/aromatic N) is 1. The summed E-state index contributed by atoms with van der Waals surface area (Å²) in [6.07, 6.45) is 53.8.